The van der Waals surface area contributed by atoms with Gasteiger partial charge in [0, 0.05) is 15.8 Å². The minimum absolute atomic E-state index is 0.0973. The molecule has 0 radical (unpaired) electrons. The van der Waals surface area contributed by atoms with Crippen LogP contribution in [0.25, 0.3) is 0 Å². The molecule has 106 valence electrons. The lowest BCUT2D eigenvalue weighted by Crippen LogP contribution is -2.30. The molecule has 0 saturated heterocycles. The van der Waals surface area contributed by atoms with Crippen molar-refractivity contribution in [1.29, 1.82) is 0 Å². The second-order valence-electron chi connectivity index (χ2n) is 4.58. The molecule has 1 aromatic heterocycles. The van der Waals surface area contributed by atoms with E-state index in [0.717, 1.165) is 0 Å². The van der Waals surface area contributed by atoms with Gasteiger partial charge in [0.1, 0.15) is 5.82 Å². The molecule has 5 heteroatoms. The average Bonchev–Trinajstić information content (AvgIpc) is 2.85. The van der Waals surface area contributed by atoms with Crippen LogP contribution in [0.1, 0.15) is 22.7 Å². The van der Waals surface area contributed by atoms with Crippen molar-refractivity contribution in [2.45, 2.75) is 19.9 Å². The molecule has 0 aliphatic heterocycles. The van der Waals surface area contributed by atoms with Crippen LogP contribution in [0.3, 0.4) is 0 Å². The summed E-state index contributed by atoms with van der Waals surface area (Å²) in [6.07, 6.45) is 0. The number of hydrogen-bond acceptors (Lipinski definition) is 3. The quantitative estimate of drug-likeness (QED) is 0.885. The van der Waals surface area contributed by atoms with Gasteiger partial charge in [0.2, 0.25) is 5.91 Å². The molecule has 2 N–H and O–H groups in total. The molecule has 1 amide bonds. The zero-order chi connectivity index (χ0) is 14.5. The van der Waals surface area contributed by atoms with E-state index in [9.17, 15) is 9.18 Å². The van der Waals surface area contributed by atoms with Gasteiger partial charge in [-0.1, -0.05) is 12.1 Å². The fourth-order valence-electron chi connectivity index (χ4n) is 1.79. The van der Waals surface area contributed by atoms with E-state index >= 15 is 0 Å². The summed E-state index contributed by atoms with van der Waals surface area (Å²) in [5.74, 6) is -0.682. The predicted molar refractivity (Wildman–Crippen MR) is 80.5 cm³/mol. The normalized spacial score (nSPS) is 12.2. The summed E-state index contributed by atoms with van der Waals surface area (Å²) in [4.78, 5) is 14.2. The number of thiophene rings is 1. The van der Waals surface area contributed by atoms with Gasteiger partial charge in [0.05, 0.1) is 12.2 Å². The Bertz CT molecular complexity index is 597. The van der Waals surface area contributed by atoms with E-state index in [1.807, 2.05) is 19.9 Å². The van der Waals surface area contributed by atoms with Gasteiger partial charge in [0.25, 0.3) is 0 Å². The summed E-state index contributed by atoms with van der Waals surface area (Å²) in [7, 11) is 0. The number of para-hydroxylation sites is 1. The fraction of sp³-hybridized carbons (Fsp3) is 0.267. The van der Waals surface area contributed by atoms with E-state index in [2.05, 4.69) is 16.7 Å². The molecule has 1 aromatic carbocycles. The first-order valence-corrected chi connectivity index (χ1v) is 7.22. The Labute approximate surface area is 121 Å². The first-order valence-electron chi connectivity index (χ1n) is 6.40. The van der Waals surface area contributed by atoms with Gasteiger partial charge in [-0.3, -0.25) is 4.79 Å². The van der Waals surface area contributed by atoms with Crippen LogP contribution in [0.5, 0.6) is 0 Å². The molecule has 0 spiro atoms. The first-order chi connectivity index (χ1) is 9.56. The number of amides is 1. The molecule has 0 aliphatic rings. The molecule has 2 rings (SSSR count). The Balaban J connectivity index is 1.85. The lowest BCUT2D eigenvalue weighted by atomic mass is 10.2. The maximum absolute atomic E-state index is 13.4. The SMILES string of the molecule is Cc1ccc(C(C)NCC(=O)Nc2ccccc2F)s1. The van der Waals surface area contributed by atoms with Crippen molar-refractivity contribution in [3.63, 3.8) is 0 Å². The van der Waals surface area contributed by atoms with Crippen LogP contribution in [0.2, 0.25) is 0 Å². The summed E-state index contributed by atoms with van der Waals surface area (Å²) in [5.41, 5.74) is 0.207. The third kappa shape index (κ3) is 3.88. The third-order valence-corrected chi connectivity index (χ3v) is 4.09. The Hall–Kier alpha value is -1.72. The van der Waals surface area contributed by atoms with Crippen LogP contribution in [-0.4, -0.2) is 12.5 Å². The summed E-state index contributed by atoms with van der Waals surface area (Å²) in [6, 6.07) is 10.3. The zero-order valence-electron chi connectivity index (χ0n) is 11.4. The highest BCUT2D eigenvalue weighted by atomic mass is 32.1. The van der Waals surface area contributed by atoms with Crippen LogP contribution >= 0.6 is 11.3 Å². The molecule has 1 unspecified atom stereocenters. The van der Waals surface area contributed by atoms with Gasteiger partial charge in [-0.05, 0) is 38.1 Å². The summed E-state index contributed by atoms with van der Waals surface area (Å²) in [5, 5.41) is 5.68. The van der Waals surface area contributed by atoms with Crippen molar-refractivity contribution in [2.75, 3.05) is 11.9 Å². The predicted octanol–water partition coefficient (Wildman–Crippen LogP) is 3.48. The maximum Gasteiger partial charge on any atom is 0.238 e. The number of rotatable bonds is 5. The number of anilines is 1. The molecule has 0 fully saturated rings. The third-order valence-electron chi connectivity index (χ3n) is 2.90. The van der Waals surface area contributed by atoms with Crippen LogP contribution in [0, 0.1) is 12.7 Å². The van der Waals surface area contributed by atoms with Crippen LogP contribution in [-0.2, 0) is 4.79 Å². The molecule has 1 atom stereocenters. The topological polar surface area (TPSA) is 41.1 Å². The second-order valence-corrected chi connectivity index (χ2v) is 5.90. The van der Waals surface area contributed by atoms with Crippen molar-refractivity contribution in [3.05, 3.63) is 52.0 Å². The van der Waals surface area contributed by atoms with Gasteiger partial charge in [-0.25, -0.2) is 4.39 Å². The van der Waals surface area contributed by atoms with E-state index < -0.39 is 5.82 Å². The van der Waals surface area contributed by atoms with Gasteiger partial charge < -0.3 is 10.6 Å². The fourth-order valence-corrected chi connectivity index (χ4v) is 2.69. The van der Waals surface area contributed by atoms with Crippen molar-refractivity contribution in [2.24, 2.45) is 0 Å². The van der Waals surface area contributed by atoms with Crippen molar-refractivity contribution < 1.29 is 9.18 Å². The monoisotopic (exact) mass is 292 g/mol. The number of aryl methyl sites for hydroxylation is 1. The van der Waals surface area contributed by atoms with Crippen molar-refractivity contribution in [3.8, 4) is 0 Å². The highest BCUT2D eigenvalue weighted by molar-refractivity contribution is 7.12. The van der Waals surface area contributed by atoms with Gasteiger partial charge in [-0.2, -0.15) is 0 Å². The van der Waals surface area contributed by atoms with E-state index in [-0.39, 0.29) is 24.2 Å². The second kappa shape index (κ2) is 6.63. The molecule has 20 heavy (non-hydrogen) atoms. The molecule has 0 bridgehead atoms. The van der Waals surface area contributed by atoms with Crippen LogP contribution in [0.15, 0.2) is 36.4 Å². The maximum atomic E-state index is 13.4. The Morgan fingerprint density at radius 2 is 2.05 bits per heavy atom. The molecular formula is C15H17FN2OS. The van der Waals surface area contributed by atoms with E-state index in [1.165, 1.54) is 15.8 Å². The average molecular weight is 292 g/mol. The molecule has 2 aromatic rings. The minimum atomic E-state index is -0.428. The van der Waals surface area contributed by atoms with Crippen molar-refractivity contribution >= 4 is 22.9 Å². The van der Waals surface area contributed by atoms with E-state index in [1.54, 1.807) is 29.5 Å². The van der Waals surface area contributed by atoms with Crippen LogP contribution < -0.4 is 10.6 Å². The molecule has 1 heterocycles. The van der Waals surface area contributed by atoms with Gasteiger partial charge in [0.15, 0.2) is 0 Å². The van der Waals surface area contributed by atoms with E-state index in [4.69, 9.17) is 0 Å². The molecular weight excluding hydrogens is 275 g/mol. The highest BCUT2D eigenvalue weighted by Crippen LogP contribution is 2.22. The smallest absolute Gasteiger partial charge is 0.238 e. The van der Waals surface area contributed by atoms with Gasteiger partial charge in [-0.15, -0.1) is 11.3 Å². The number of carbonyl (C=O) groups excluding carboxylic acids is 1. The number of benzene rings is 1. The standard InChI is InChI=1S/C15H17FN2OS/c1-10-7-8-14(20-10)11(2)17-9-15(19)18-13-6-4-3-5-12(13)16/h3-8,11,17H,9H2,1-2H3,(H,18,19). The number of hydrogen-bond donors (Lipinski definition) is 2. The van der Waals surface area contributed by atoms with Gasteiger partial charge >= 0.3 is 0 Å². The molecule has 0 aliphatic carbocycles. The Kier molecular flexibility index (Phi) is 4.87. The Morgan fingerprint density at radius 3 is 2.70 bits per heavy atom. The highest BCUT2D eigenvalue weighted by Gasteiger charge is 2.10. The number of halogens is 1. The lowest BCUT2D eigenvalue weighted by Gasteiger charge is -2.12. The molecule has 0 saturated carbocycles. The molecule has 3 nitrogen and oxygen atoms in total. The summed E-state index contributed by atoms with van der Waals surface area (Å²) < 4.78 is 13.4. The summed E-state index contributed by atoms with van der Waals surface area (Å²) >= 11 is 1.70. The lowest BCUT2D eigenvalue weighted by molar-refractivity contribution is -0.115. The largest absolute Gasteiger partial charge is 0.322 e. The van der Waals surface area contributed by atoms with Crippen LogP contribution in [0.4, 0.5) is 10.1 Å². The minimum Gasteiger partial charge on any atom is -0.322 e. The van der Waals surface area contributed by atoms with Crippen molar-refractivity contribution in [1.82, 2.24) is 5.32 Å². The van der Waals surface area contributed by atoms with E-state index in [0.29, 0.717) is 0 Å². The zero-order valence-corrected chi connectivity index (χ0v) is 12.3. The number of carbonyl (C=O) groups is 1. The summed E-state index contributed by atoms with van der Waals surface area (Å²) in [6.45, 7) is 4.19. The Morgan fingerprint density at radius 1 is 1.30 bits per heavy atom. The first kappa shape index (κ1) is 14.7. The number of nitrogens with one attached hydrogen (secondary N) is 2.